The second-order valence-corrected chi connectivity index (χ2v) is 7.28. The summed E-state index contributed by atoms with van der Waals surface area (Å²) in [4.78, 5) is 29.8. The lowest BCUT2D eigenvalue weighted by Gasteiger charge is -2.37. The van der Waals surface area contributed by atoms with Crippen LogP contribution >= 0.6 is 0 Å². The van der Waals surface area contributed by atoms with Crippen LogP contribution in [-0.4, -0.2) is 26.7 Å². The number of pyridine rings is 2. The monoisotopic (exact) mass is 355 g/mol. The Morgan fingerprint density at radius 1 is 1.27 bits per heavy atom. The average molecular weight is 355 g/mol. The molecule has 1 aliphatic carbocycles. The van der Waals surface area contributed by atoms with Crippen LogP contribution in [0.2, 0.25) is 0 Å². The molecule has 1 aliphatic rings. The highest BCUT2D eigenvalue weighted by Crippen LogP contribution is 2.37. The molecule has 0 bridgehead atoms. The van der Waals surface area contributed by atoms with Gasteiger partial charge in [0.2, 0.25) is 0 Å². The van der Waals surface area contributed by atoms with Gasteiger partial charge in [0.05, 0.1) is 17.8 Å². The van der Waals surface area contributed by atoms with Gasteiger partial charge in [0, 0.05) is 18.9 Å². The number of rotatable bonds is 5. The number of nitrogens with one attached hydrogen (secondary N) is 1. The first-order chi connectivity index (χ1) is 12.4. The van der Waals surface area contributed by atoms with Gasteiger partial charge >= 0.3 is 0 Å². The predicted octanol–water partition coefficient (Wildman–Crippen LogP) is 2.15. The summed E-state index contributed by atoms with van der Waals surface area (Å²) in [5, 5.41) is 12.6. The Morgan fingerprint density at radius 3 is 2.58 bits per heavy atom. The van der Waals surface area contributed by atoms with Crippen molar-refractivity contribution in [2.75, 3.05) is 0 Å². The zero-order valence-corrected chi connectivity index (χ0v) is 15.3. The molecular formula is C20H25N3O3. The Kier molecular flexibility index (Phi) is 5.23. The standard InChI is InChI=1S/C20H25N3O3/c1-12(2)17-8-7-15(20(26)23(17)3)19(25)22-18(13-10-14(24)11-13)16-6-4-5-9-21-16/h4-9,12-14,18,24H,10-11H2,1-3H3,(H,22,25). The number of carbonyl (C=O) groups excluding carboxylic acids is 1. The smallest absolute Gasteiger partial charge is 0.263 e. The summed E-state index contributed by atoms with van der Waals surface area (Å²) in [6.45, 7) is 4.01. The van der Waals surface area contributed by atoms with Crippen molar-refractivity contribution in [1.29, 1.82) is 0 Å². The minimum absolute atomic E-state index is 0.114. The molecule has 0 saturated heterocycles. The van der Waals surface area contributed by atoms with Crippen LogP contribution in [0.3, 0.4) is 0 Å². The molecule has 6 heteroatoms. The van der Waals surface area contributed by atoms with Crippen LogP contribution in [0.5, 0.6) is 0 Å². The molecule has 0 spiro atoms. The Bertz CT molecular complexity index is 839. The quantitative estimate of drug-likeness (QED) is 0.861. The largest absolute Gasteiger partial charge is 0.393 e. The molecule has 1 saturated carbocycles. The normalized spacial score (nSPS) is 20.5. The molecule has 138 valence electrons. The summed E-state index contributed by atoms with van der Waals surface area (Å²) in [5.74, 6) is -0.0943. The van der Waals surface area contributed by atoms with E-state index >= 15 is 0 Å². The van der Waals surface area contributed by atoms with Crippen molar-refractivity contribution in [1.82, 2.24) is 14.9 Å². The van der Waals surface area contributed by atoms with E-state index in [1.807, 2.05) is 38.1 Å². The maximum atomic E-state index is 12.8. The van der Waals surface area contributed by atoms with E-state index in [-0.39, 0.29) is 35.1 Å². The summed E-state index contributed by atoms with van der Waals surface area (Å²) in [6.07, 6.45) is 2.58. The maximum absolute atomic E-state index is 12.8. The topological polar surface area (TPSA) is 84.2 Å². The molecule has 2 N–H and O–H groups in total. The van der Waals surface area contributed by atoms with Crippen LogP contribution < -0.4 is 10.9 Å². The average Bonchev–Trinajstić information content (AvgIpc) is 2.59. The second kappa shape index (κ2) is 7.41. The van der Waals surface area contributed by atoms with Gasteiger partial charge in [0.1, 0.15) is 5.56 Å². The van der Waals surface area contributed by atoms with Crippen LogP contribution in [0.4, 0.5) is 0 Å². The number of carbonyl (C=O) groups is 1. The Morgan fingerprint density at radius 2 is 2.00 bits per heavy atom. The van der Waals surface area contributed by atoms with Gasteiger partial charge < -0.3 is 15.0 Å². The van der Waals surface area contributed by atoms with Crippen molar-refractivity contribution in [2.24, 2.45) is 13.0 Å². The number of aliphatic hydroxyl groups excluding tert-OH is 1. The molecule has 2 aromatic rings. The minimum atomic E-state index is -0.405. The molecule has 26 heavy (non-hydrogen) atoms. The molecule has 1 fully saturated rings. The van der Waals surface area contributed by atoms with Crippen molar-refractivity contribution in [3.63, 3.8) is 0 Å². The fraction of sp³-hybridized carbons (Fsp3) is 0.450. The van der Waals surface area contributed by atoms with Gasteiger partial charge in [0.15, 0.2) is 0 Å². The Labute approximate surface area is 152 Å². The van der Waals surface area contributed by atoms with Crippen molar-refractivity contribution in [3.05, 3.63) is 63.8 Å². The Hall–Kier alpha value is -2.47. The number of hydrogen-bond acceptors (Lipinski definition) is 4. The summed E-state index contributed by atoms with van der Waals surface area (Å²) in [7, 11) is 1.69. The molecule has 1 unspecified atom stereocenters. The number of aromatic nitrogens is 2. The molecule has 1 amide bonds. The first kappa shape index (κ1) is 18.3. The summed E-state index contributed by atoms with van der Waals surface area (Å²) in [6, 6.07) is 8.64. The van der Waals surface area contributed by atoms with E-state index in [0.29, 0.717) is 12.8 Å². The van der Waals surface area contributed by atoms with E-state index < -0.39 is 5.91 Å². The third-order valence-corrected chi connectivity index (χ3v) is 5.09. The molecule has 0 aliphatic heterocycles. The first-order valence-corrected chi connectivity index (χ1v) is 8.98. The van der Waals surface area contributed by atoms with Gasteiger partial charge in [-0.25, -0.2) is 0 Å². The molecule has 0 aromatic carbocycles. The lowest BCUT2D eigenvalue weighted by atomic mass is 9.76. The Balaban J connectivity index is 1.87. The van der Waals surface area contributed by atoms with Crippen LogP contribution in [0, 0.1) is 5.92 Å². The summed E-state index contributed by atoms with van der Waals surface area (Å²) >= 11 is 0. The van der Waals surface area contributed by atoms with E-state index in [1.54, 1.807) is 19.3 Å². The van der Waals surface area contributed by atoms with Gasteiger partial charge in [0.25, 0.3) is 11.5 Å². The van der Waals surface area contributed by atoms with E-state index in [4.69, 9.17) is 0 Å². The number of hydrogen-bond donors (Lipinski definition) is 2. The van der Waals surface area contributed by atoms with Gasteiger partial charge in [-0.3, -0.25) is 14.6 Å². The molecule has 3 rings (SSSR count). The van der Waals surface area contributed by atoms with E-state index in [2.05, 4.69) is 10.3 Å². The molecular weight excluding hydrogens is 330 g/mol. The zero-order chi connectivity index (χ0) is 18.8. The van der Waals surface area contributed by atoms with Gasteiger partial charge in [-0.1, -0.05) is 19.9 Å². The van der Waals surface area contributed by atoms with Gasteiger partial charge in [-0.05, 0) is 48.9 Å². The summed E-state index contributed by atoms with van der Waals surface area (Å²) in [5.41, 5.74) is 1.45. The highest BCUT2D eigenvalue weighted by molar-refractivity contribution is 5.94. The lowest BCUT2D eigenvalue weighted by molar-refractivity contribution is 0.0228. The SMILES string of the molecule is CC(C)c1ccc(C(=O)NC(c2ccccn2)C2CC(O)C2)c(=O)n1C. The van der Waals surface area contributed by atoms with Crippen molar-refractivity contribution < 1.29 is 9.90 Å². The number of amides is 1. The number of aliphatic hydroxyl groups is 1. The fourth-order valence-corrected chi connectivity index (χ4v) is 3.52. The third-order valence-electron chi connectivity index (χ3n) is 5.09. The molecule has 1 atom stereocenters. The second-order valence-electron chi connectivity index (χ2n) is 7.28. The van der Waals surface area contributed by atoms with Crippen molar-refractivity contribution in [2.45, 2.75) is 44.8 Å². The van der Waals surface area contributed by atoms with Crippen molar-refractivity contribution >= 4 is 5.91 Å². The lowest BCUT2D eigenvalue weighted by Crippen LogP contribution is -2.43. The third kappa shape index (κ3) is 3.55. The zero-order valence-electron chi connectivity index (χ0n) is 15.3. The predicted molar refractivity (Wildman–Crippen MR) is 98.9 cm³/mol. The number of nitrogens with zero attached hydrogens (tertiary/aromatic N) is 2. The van der Waals surface area contributed by atoms with Crippen LogP contribution in [0.1, 0.15) is 60.4 Å². The van der Waals surface area contributed by atoms with Crippen LogP contribution in [0.25, 0.3) is 0 Å². The highest BCUT2D eigenvalue weighted by Gasteiger charge is 2.36. The highest BCUT2D eigenvalue weighted by atomic mass is 16.3. The minimum Gasteiger partial charge on any atom is -0.393 e. The molecule has 2 heterocycles. The molecule has 2 aromatic heterocycles. The van der Waals surface area contributed by atoms with E-state index in [0.717, 1.165) is 11.4 Å². The summed E-state index contributed by atoms with van der Waals surface area (Å²) < 4.78 is 1.53. The fourth-order valence-electron chi connectivity index (χ4n) is 3.52. The van der Waals surface area contributed by atoms with Crippen LogP contribution in [0.15, 0.2) is 41.3 Å². The molecule has 0 radical (unpaired) electrons. The van der Waals surface area contributed by atoms with E-state index in [1.165, 1.54) is 4.57 Å². The first-order valence-electron chi connectivity index (χ1n) is 8.98. The van der Waals surface area contributed by atoms with Gasteiger partial charge in [-0.15, -0.1) is 0 Å². The van der Waals surface area contributed by atoms with Gasteiger partial charge in [-0.2, -0.15) is 0 Å². The van der Waals surface area contributed by atoms with Crippen molar-refractivity contribution in [3.8, 4) is 0 Å². The van der Waals surface area contributed by atoms with Crippen LogP contribution in [-0.2, 0) is 7.05 Å². The maximum Gasteiger partial charge on any atom is 0.263 e. The van der Waals surface area contributed by atoms with E-state index in [9.17, 15) is 14.7 Å². The molecule has 6 nitrogen and oxygen atoms in total.